The number of aromatic hydroxyl groups is 1. The van der Waals surface area contributed by atoms with E-state index in [9.17, 15) is 14.7 Å². The fourth-order valence-corrected chi connectivity index (χ4v) is 4.69. The molecule has 0 saturated heterocycles. The Balaban J connectivity index is 2.24. The Bertz CT molecular complexity index is 954. The van der Waals surface area contributed by atoms with Crippen LogP contribution in [-0.4, -0.2) is 29.5 Å². The van der Waals surface area contributed by atoms with E-state index in [2.05, 4.69) is 31.4 Å². The number of phenols is 1. The van der Waals surface area contributed by atoms with Gasteiger partial charge in [0.05, 0.1) is 13.2 Å². The highest BCUT2D eigenvalue weighted by molar-refractivity contribution is 14.1. The van der Waals surface area contributed by atoms with Crippen molar-refractivity contribution >= 4 is 57.0 Å². The van der Waals surface area contributed by atoms with Crippen LogP contribution < -0.4 is 10.6 Å². The van der Waals surface area contributed by atoms with E-state index < -0.39 is 11.9 Å². The molecule has 2 aromatic rings. The fourth-order valence-electron chi connectivity index (χ4n) is 2.79. The summed E-state index contributed by atoms with van der Waals surface area (Å²) in [5.41, 5.74) is 2.33. The number of phenolic OH excluding ortho intramolecular Hbond substituents is 1. The van der Waals surface area contributed by atoms with Crippen molar-refractivity contribution in [3.8, 4) is 11.8 Å². The first-order valence-electron chi connectivity index (χ1n) is 9.26. The Morgan fingerprint density at radius 3 is 2.20 bits per heavy atom. The quantitative estimate of drug-likeness (QED) is 0.333. The van der Waals surface area contributed by atoms with Crippen molar-refractivity contribution in [2.24, 2.45) is 0 Å². The van der Waals surface area contributed by atoms with E-state index in [-0.39, 0.29) is 30.0 Å². The number of amides is 2. The molecule has 0 aliphatic heterocycles. The first kappa shape index (κ1) is 24.4. The van der Waals surface area contributed by atoms with Crippen molar-refractivity contribution in [2.75, 3.05) is 6.54 Å². The van der Waals surface area contributed by atoms with Crippen LogP contribution in [0.3, 0.4) is 0 Å². The molecule has 1 atom stereocenters. The summed E-state index contributed by atoms with van der Waals surface area (Å²) < 4.78 is 1.32. The van der Waals surface area contributed by atoms with Crippen molar-refractivity contribution in [3.63, 3.8) is 0 Å². The smallest absolute Gasteiger partial charge is 0.251 e. The van der Waals surface area contributed by atoms with Crippen LogP contribution >= 0.6 is 45.2 Å². The maximum absolute atomic E-state index is 12.8. The maximum atomic E-state index is 12.8. The van der Waals surface area contributed by atoms with Gasteiger partial charge in [0.25, 0.3) is 5.91 Å². The second kappa shape index (κ2) is 10.4. The number of carbonyl (C=O) groups is 2. The number of halogens is 2. The number of hydrogen-bond donors (Lipinski definition) is 3. The number of nitrogens with zero attached hydrogens (tertiary/aromatic N) is 1. The summed E-state index contributed by atoms with van der Waals surface area (Å²) in [4.78, 5) is 25.3. The third-order valence-electron chi connectivity index (χ3n) is 4.49. The molecule has 3 N–H and O–H groups in total. The van der Waals surface area contributed by atoms with Crippen LogP contribution in [0.1, 0.15) is 42.3 Å². The lowest BCUT2D eigenvalue weighted by Gasteiger charge is -2.20. The summed E-state index contributed by atoms with van der Waals surface area (Å²) in [6.07, 6.45) is 0.232. The zero-order chi connectivity index (χ0) is 22.5. The second-order valence-electron chi connectivity index (χ2n) is 7.84. The third kappa shape index (κ3) is 6.57. The standard InChI is InChI=1S/C22H23I2N3O3/c1-22(2,3)15-6-4-14(5-7-15)20(29)27-18(21(30)26-9-8-25)12-13-10-16(23)19(28)17(24)11-13/h4-7,10-11,18,28H,9,12H2,1-3H3,(H,26,30)(H,27,29)/t18-/m0/s1. The summed E-state index contributed by atoms with van der Waals surface area (Å²) in [6, 6.07) is 11.9. The number of rotatable bonds is 6. The zero-order valence-corrected chi connectivity index (χ0v) is 21.2. The predicted octanol–water partition coefficient (Wildman–Crippen LogP) is 3.88. The topological polar surface area (TPSA) is 102 Å². The van der Waals surface area contributed by atoms with Crippen LogP contribution in [0.5, 0.6) is 5.75 Å². The van der Waals surface area contributed by atoms with Gasteiger partial charge in [0.1, 0.15) is 18.3 Å². The number of hydrogen-bond acceptors (Lipinski definition) is 4. The molecule has 0 bridgehead atoms. The summed E-state index contributed by atoms with van der Waals surface area (Å²) >= 11 is 4.04. The Kier molecular flexibility index (Phi) is 8.49. The maximum Gasteiger partial charge on any atom is 0.251 e. The van der Waals surface area contributed by atoms with Gasteiger partial charge in [0.2, 0.25) is 5.91 Å². The van der Waals surface area contributed by atoms with Gasteiger partial charge in [-0.25, -0.2) is 0 Å². The van der Waals surface area contributed by atoms with Crippen LogP contribution in [0, 0.1) is 18.5 Å². The number of carbonyl (C=O) groups excluding carboxylic acids is 2. The van der Waals surface area contributed by atoms with Crippen LogP contribution in [0.25, 0.3) is 0 Å². The van der Waals surface area contributed by atoms with E-state index in [1.807, 2.05) is 63.4 Å². The monoisotopic (exact) mass is 631 g/mol. The molecule has 158 valence electrons. The van der Waals surface area contributed by atoms with Crippen LogP contribution in [-0.2, 0) is 16.6 Å². The van der Waals surface area contributed by atoms with Gasteiger partial charge in [-0.3, -0.25) is 9.59 Å². The van der Waals surface area contributed by atoms with E-state index in [0.717, 1.165) is 11.1 Å². The second-order valence-corrected chi connectivity index (χ2v) is 10.2. The lowest BCUT2D eigenvalue weighted by atomic mass is 9.86. The van der Waals surface area contributed by atoms with E-state index in [0.29, 0.717) is 12.7 Å². The Labute approximate surface area is 203 Å². The van der Waals surface area contributed by atoms with Crippen molar-refractivity contribution in [1.82, 2.24) is 10.6 Å². The predicted molar refractivity (Wildman–Crippen MR) is 132 cm³/mol. The van der Waals surface area contributed by atoms with E-state index in [1.54, 1.807) is 24.3 Å². The molecule has 0 heterocycles. The van der Waals surface area contributed by atoms with Gasteiger partial charge < -0.3 is 15.7 Å². The van der Waals surface area contributed by atoms with Crippen molar-refractivity contribution in [1.29, 1.82) is 5.26 Å². The molecular weight excluding hydrogens is 608 g/mol. The lowest BCUT2D eigenvalue weighted by molar-refractivity contribution is -0.122. The fraction of sp³-hybridized carbons (Fsp3) is 0.318. The van der Waals surface area contributed by atoms with Gasteiger partial charge in [-0.2, -0.15) is 5.26 Å². The molecule has 0 fully saturated rings. The molecule has 6 nitrogen and oxygen atoms in total. The van der Waals surface area contributed by atoms with Crippen LogP contribution in [0.4, 0.5) is 0 Å². The minimum Gasteiger partial charge on any atom is -0.506 e. The third-order valence-corrected chi connectivity index (χ3v) is 6.14. The first-order chi connectivity index (χ1) is 14.0. The highest BCUT2D eigenvalue weighted by atomic mass is 127. The van der Waals surface area contributed by atoms with Gasteiger partial charge in [0.15, 0.2) is 0 Å². The molecule has 2 rings (SSSR count). The zero-order valence-electron chi connectivity index (χ0n) is 16.9. The minimum atomic E-state index is -0.857. The molecule has 0 unspecified atom stereocenters. The summed E-state index contributed by atoms with van der Waals surface area (Å²) in [6.45, 7) is 6.14. The molecular formula is C22H23I2N3O3. The lowest BCUT2D eigenvalue weighted by Crippen LogP contribution is -2.48. The largest absolute Gasteiger partial charge is 0.506 e. The highest BCUT2D eigenvalue weighted by Gasteiger charge is 2.23. The molecule has 0 aromatic heterocycles. The SMILES string of the molecule is CC(C)(C)c1ccc(C(=O)N[C@@H](Cc2cc(I)c(O)c(I)c2)C(=O)NCC#N)cc1. The average Bonchev–Trinajstić information content (AvgIpc) is 2.69. The molecule has 0 aliphatic rings. The summed E-state index contributed by atoms with van der Waals surface area (Å²) in [7, 11) is 0. The van der Waals surface area contributed by atoms with Gasteiger partial charge >= 0.3 is 0 Å². The highest BCUT2D eigenvalue weighted by Crippen LogP contribution is 2.28. The molecule has 8 heteroatoms. The number of benzene rings is 2. The Morgan fingerprint density at radius 2 is 1.70 bits per heavy atom. The number of nitriles is 1. The van der Waals surface area contributed by atoms with Crippen molar-refractivity contribution < 1.29 is 14.7 Å². The van der Waals surface area contributed by atoms with Gasteiger partial charge in [-0.05, 0) is 86.0 Å². The molecule has 0 radical (unpaired) electrons. The minimum absolute atomic E-state index is 0.0259. The van der Waals surface area contributed by atoms with Crippen LogP contribution in [0.2, 0.25) is 0 Å². The average molecular weight is 631 g/mol. The molecule has 30 heavy (non-hydrogen) atoms. The van der Waals surface area contributed by atoms with Crippen molar-refractivity contribution in [2.45, 2.75) is 38.6 Å². The van der Waals surface area contributed by atoms with Gasteiger partial charge in [0, 0.05) is 12.0 Å². The molecule has 0 aliphatic carbocycles. The molecule has 0 saturated carbocycles. The molecule has 2 aromatic carbocycles. The Morgan fingerprint density at radius 1 is 1.13 bits per heavy atom. The molecule has 2 amide bonds. The number of nitrogens with one attached hydrogen (secondary N) is 2. The van der Waals surface area contributed by atoms with Gasteiger partial charge in [-0.15, -0.1) is 0 Å². The molecule has 0 spiro atoms. The van der Waals surface area contributed by atoms with Crippen LogP contribution in [0.15, 0.2) is 36.4 Å². The summed E-state index contributed by atoms with van der Waals surface area (Å²) in [5, 5.41) is 24.0. The van der Waals surface area contributed by atoms with Crippen molar-refractivity contribution in [3.05, 3.63) is 60.2 Å². The van der Waals surface area contributed by atoms with E-state index in [1.165, 1.54) is 0 Å². The first-order valence-corrected chi connectivity index (χ1v) is 11.4. The van der Waals surface area contributed by atoms with Gasteiger partial charge in [-0.1, -0.05) is 32.9 Å². The van der Waals surface area contributed by atoms with E-state index >= 15 is 0 Å². The van der Waals surface area contributed by atoms with E-state index in [4.69, 9.17) is 5.26 Å². The Hall–Kier alpha value is -1.87. The summed E-state index contributed by atoms with van der Waals surface area (Å²) in [5.74, 6) is -0.613. The normalized spacial score (nSPS) is 12.0.